The molecule has 0 unspecified atom stereocenters. The van der Waals surface area contributed by atoms with E-state index >= 15 is 0 Å². The number of benzene rings is 1. The first-order valence-electron chi connectivity index (χ1n) is 7.61. The van der Waals surface area contributed by atoms with Gasteiger partial charge in [-0.25, -0.2) is 9.59 Å². The van der Waals surface area contributed by atoms with Crippen LogP contribution in [0.15, 0.2) is 18.2 Å². The van der Waals surface area contributed by atoms with Crippen LogP contribution >= 0.6 is 0 Å². The molecule has 0 bridgehead atoms. The molecular formula is C17H24N2O4. The molecule has 6 heteroatoms. The largest absolute Gasteiger partial charge is 0.452 e. The molecular weight excluding hydrogens is 296 g/mol. The molecule has 6 nitrogen and oxygen atoms in total. The summed E-state index contributed by atoms with van der Waals surface area (Å²) in [5, 5.41) is 4.68. The van der Waals surface area contributed by atoms with Crippen molar-refractivity contribution < 1.29 is 19.1 Å². The Labute approximate surface area is 136 Å². The van der Waals surface area contributed by atoms with Gasteiger partial charge in [0.1, 0.15) is 0 Å². The van der Waals surface area contributed by atoms with E-state index < -0.39 is 24.5 Å². The zero-order valence-electron chi connectivity index (χ0n) is 14.1. The number of urea groups is 1. The van der Waals surface area contributed by atoms with E-state index in [2.05, 4.69) is 10.6 Å². The minimum Gasteiger partial charge on any atom is -0.452 e. The molecule has 2 N–H and O–H groups in total. The van der Waals surface area contributed by atoms with Crippen molar-refractivity contribution in [3.8, 4) is 0 Å². The summed E-state index contributed by atoms with van der Waals surface area (Å²) < 4.78 is 4.91. The van der Waals surface area contributed by atoms with Crippen LogP contribution in [0.4, 0.5) is 4.79 Å². The van der Waals surface area contributed by atoms with Gasteiger partial charge in [0.2, 0.25) is 0 Å². The molecule has 0 aliphatic rings. The van der Waals surface area contributed by atoms with Crippen molar-refractivity contribution >= 4 is 17.9 Å². The van der Waals surface area contributed by atoms with E-state index in [1.54, 1.807) is 12.1 Å². The minimum atomic E-state index is -0.662. The number of nitrogens with one attached hydrogen (secondary N) is 2. The Morgan fingerprint density at radius 3 is 2.26 bits per heavy atom. The van der Waals surface area contributed by atoms with Gasteiger partial charge in [0.05, 0.1) is 5.56 Å². The van der Waals surface area contributed by atoms with Crippen molar-refractivity contribution in [3.05, 3.63) is 34.9 Å². The van der Waals surface area contributed by atoms with Gasteiger partial charge in [-0.2, -0.15) is 0 Å². The molecule has 0 atom stereocenters. The lowest BCUT2D eigenvalue weighted by molar-refractivity contribution is -0.123. The second-order valence-corrected chi connectivity index (χ2v) is 5.94. The van der Waals surface area contributed by atoms with E-state index in [9.17, 15) is 14.4 Å². The van der Waals surface area contributed by atoms with Crippen LogP contribution in [0.25, 0.3) is 0 Å². The molecule has 3 amide bonds. The maximum atomic E-state index is 11.9. The third-order valence-electron chi connectivity index (χ3n) is 3.05. The molecule has 0 aliphatic carbocycles. The fourth-order valence-corrected chi connectivity index (χ4v) is 1.99. The third-order valence-corrected chi connectivity index (χ3v) is 3.05. The number of amides is 3. The molecule has 0 saturated carbocycles. The molecule has 1 aromatic carbocycles. The fourth-order valence-electron chi connectivity index (χ4n) is 1.99. The van der Waals surface area contributed by atoms with Crippen LogP contribution in [0.2, 0.25) is 0 Å². The molecule has 0 fully saturated rings. The van der Waals surface area contributed by atoms with Gasteiger partial charge in [0.25, 0.3) is 5.91 Å². The zero-order chi connectivity index (χ0) is 17.4. The fraction of sp³-hybridized carbons (Fsp3) is 0.471. The van der Waals surface area contributed by atoms with Gasteiger partial charge in [-0.1, -0.05) is 31.0 Å². The van der Waals surface area contributed by atoms with Gasteiger partial charge < -0.3 is 10.1 Å². The van der Waals surface area contributed by atoms with Crippen molar-refractivity contribution in [2.45, 2.75) is 34.1 Å². The Morgan fingerprint density at radius 1 is 1.09 bits per heavy atom. The average Bonchev–Trinajstić information content (AvgIpc) is 2.43. The number of hydrogen-bond donors (Lipinski definition) is 2. The van der Waals surface area contributed by atoms with Crippen LogP contribution in [-0.2, 0) is 9.53 Å². The summed E-state index contributed by atoms with van der Waals surface area (Å²) in [6.07, 6.45) is 0.823. The maximum Gasteiger partial charge on any atom is 0.338 e. The zero-order valence-corrected chi connectivity index (χ0v) is 14.1. The van der Waals surface area contributed by atoms with Crippen molar-refractivity contribution in [2.75, 3.05) is 13.2 Å². The lowest BCUT2D eigenvalue weighted by Gasteiger charge is -2.09. The molecule has 0 aliphatic heterocycles. The number of rotatable bonds is 6. The summed E-state index contributed by atoms with van der Waals surface area (Å²) in [5.41, 5.74) is 2.26. The lowest BCUT2D eigenvalue weighted by Crippen LogP contribution is -2.41. The number of imide groups is 1. The molecule has 0 spiro atoms. The van der Waals surface area contributed by atoms with E-state index in [0.29, 0.717) is 18.0 Å². The highest BCUT2D eigenvalue weighted by atomic mass is 16.5. The van der Waals surface area contributed by atoms with Crippen LogP contribution in [0, 0.1) is 19.8 Å². The Hall–Kier alpha value is -2.37. The van der Waals surface area contributed by atoms with Gasteiger partial charge in [0.15, 0.2) is 6.61 Å². The smallest absolute Gasteiger partial charge is 0.338 e. The molecule has 23 heavy (non-hydrogen) atoms. The first-order chi connectivity index (χ1) is 10.8. The third kappa shape index (κ3) is 7.44. The first-order valence-corrected chi connectivity index (χ1v) is 7.61. The van der Waals surface area contributed by atoms with Crippen molar-refractivity contribution in [2.24, 2.45) is 5.92 Å². The number of carbonyl (C=O) groups excluding carboxylic acids is 3. The summed E-state index contributed by atoms with van der Waals surface area (Å²) in [5.74, 6) is -0.790. The Bertz CT molecular complexity index is 562. The van der Waals surface area contributed by atoms with Gasteiger partial charge in [-0.3, -0.25) is 10.1 Å². The predicted molar refractivity (Wildman–Crippen MR) is 87.2 cm³/mol. The molecule has 0 heterocycles. The highest BCUT2D eigenvalue weighted by Gasteiger charge is 2.13. The minimum absolute atomic E-state index is 0.386. The predicted octanol–water partition coefficient (Wildman–Crippen LogP) is 2.33. The highest BCUT2D eigenvalue weighted by Crippen LogP contribution is 2.09. The van der Waals surface area contributed by atoms with Crippen LogP contribution in [-0.4, -0.2) is 31.1 Å². The first kappa shape index (κ1) is 18.7. The second-order valence-electron chi connectivity index (χ2n) is 5.94. The van der Waals surface area contributed by atoms with Gasteiger partial charge in [-0.05, 0) is 38.3 Å². The van der Waals surface area contributed by atoms with Gasteiger partial charge in [-0.15, -0.1) is 0 Å². The summed E-state index contributed by atoms with van der Waals surface area (Å²) in [6, 6.07) is 4.72. The van der Waals surface area contributed by atoms with Crippen molar-refractivity contribution in [1.82, 2.24) is 10.6 Å². The topological polar surface area (TPSA) is 84.5 Å². The summed E-state index contributed by atoms with van der Waals surface area (Å²) in [7, 11) is 0. The number of esters is 1. The van der Waals surface area contributed by atoms with Crippen LogP contribution in [0.5, 0.6) is 0 Å². The SMILES string of the molecule is Cc1cc(C)cc(C(=O)OCC(=O)NC(=O)NCCC(C)C)c1. The van der Waals surface area contributed by atoms with Crippen LogP contribution in [0.1, 0.15) is 41.8 Å². The second kappa shape index (κ2) is 8.92. The van der Waals surface area contributed by atoms with E-state index in [1.165, 1.54) is 0 Å². The van der Waals surface area contributed by atoms with Gasteiger partial charge >= 0.3 is 12.0 Å². The van der Waals surface area contributed by atoms with Gasteiger partial charge in [0, 0.05) is 6.54 Å². The molecule has 1 aromatic rings. The number of ether oxygens (including phenoxy) is 1. The van der Waals surface area contributed by atoms with Crippen LogP contribution in [0.3, 0.4) is 0 Å². The lowest BCUT2D eigenvalue weighted by atomic mass is 10.1. The average molecular weight is 320 g/mol. The Kier molecular flexibility index (Phi) is 7.25. The van der Waals surface area contributed by atoms with E-state index in [1.807, 2.05) is 33.8 Å². The summed E-state index contributed by atoms with van der Waals surface area (Å²) in [6.45, 7) is 7.81. The van der Waals surface area contributed by atoms with E-state index in [-0.39, 0.29) is 0 Å². The monoisotopic (exact) mass is 320 g/mol. The molecule has 0 radical (unpaired) electrons. The summed E-state index contributed by atoms with van der Waals surface area (Å²) >= 11 is 0. The summed E-state index contributed by atoms with van der Waals surface area (Å²) in [4.78, 5) is 34.9. The maximum absolute atomic E-state index is 11.9. The van der Waals surface area contributed by atoms with Crippen molar-refractivity contribution in [3.63, 3.8) is 0 Å². The Balaban J connectivity index is 2.37. The number of carbonyl (C=O) groups is 3. The number of hydrogen-bond acceptors (Lipinski definition) is 4. The molecule has 126 valence electrons. The normalized spacial score (nSPS) is 10.3. The van der Waals surface area contributed by atoms with E-state index in [4.69, 9.17) is 4.74 Å². The molecule has 1 rings (SSSR count). The molecule has 0 saturated heterocycles. The number of aryl methyl sites for hydroxylation is 2. The van der Waals surface area contributed by atoms with Crippen LogP contribution < -0.4 is 10.6 Å². The molecule has 0 aromatic heterocycles. The van der Waals surface area contributed by atoms with Crippen molar-refractivity contribution in [1.29, 1.82) is 0 Å². The van der Waals surface area contributed by atoms with E-state index in [0.717, 1.165) is 17.5 Å². The standard InChI is InChI=1S/C17H24N2O4/c1-11(2)5-6-18-17(22)19-15(20)10-23-16(21)14-8-12(3)7-13(4)9-14/h7-9,11H,5-6,10H2,1-4H3,(H2,18,19,20,22). The quantitative estimate of drug-likeness (QED) is 0.788. The highest BCUT2D eigenvalue weighted by molar-refractivity contribution is 5.97. The Morgan fingerprint density at radius 2 is 1.70 bits per heavy atom.